The van der Waals surface area contributed by atoms with Gasteiger partial charge in [0.2, 0.25) is 0 Å². The smallest absolute Gasteiger partial charge is 0.264 e. The number of aromatic nitrogens is 2. The van der Waals surface area contributed by atoms with E-state index < -0.39 is 0 Å². The molecule has 1 aromatic rings. The van der Waals surface area contributed by atoms with E-state index in [1.807, 2.05) is 0 Å². The van der Waals surface area contributed by atoms with E-state index in [1.165, 1.54) is 25.7 Å². The summed E-state index contributed by atoms with van der Waals surface area (Å²) < 4.78 is 0.794. The molecule has 0 aromatic carbocycles. The van der Waals surface area contributed by atoms with E-state index >= 15 is 0 Å². The van der Waals surface area contributed by atoms with Gasteiger partial charge in [0.1, 0.15) is 5.82 Å². The molecule has 0 amide bonds. The van der Waals surface area contributed by atoms with E-state index in [2.05, 4.69) is 41.4 Å². The van der Waals surface area contributed by atoms with Crippen LogP contribution >= 0.6 is 22.6 Å². The fraction of sp³-hybridized carbons (Fsp3) is 0.692. The summed E-state index contributed by atoms with van der Waals surface area (Å²) in [4.78, 5) is 19.5. The predicted molar refractivity (Wildman–Crippen MR) is 77.3 cm³/mol. The quantitative estimate of drug-likeness (QED) is 0.855. The lowest BCUT2D eigenvalue weighted by atomic mass is 10.0. The Kier molecular flexibility index (Phi) is 4.22. The zero-order valence-corrected chi connectivity index (χ0v) is 12.6. The van der Waals surface area contributed by atoms with Gasteiger partial charge in [-0.2, -0.15) is 0 Å². The number of nitrogens with zero attached hydrogens (tertiary/aromatic N) is 1. The number of halogens is 1. The minimum Gasteiger partial charge on any atom is -0.310 e. The van der Waals surface area contributed by atoms with Gasteiger partial charge >= 0.3 is 0 Å². The number of hydrogen-bond donors (Lipinski definition) is 1. The molecule has 94 valence electrons. The number of rotatable bonds is 3. The molecule has 0 radical (unpaired) electrons. The number of nitrogens with one attached hydrogen (secondary N) is 1. The topological polar surface area (TPSA) is 45.8 Å². The summed E-state index contributed by atoms with van der Waals surface area (Å²) in [6.45, 7) is 4.29. The molecule has 3 nitrogen and oxygen atoms in total. The highest BCUT2D eigenvalue weighted by atomic mass is 127. The molecular formula is C13H19IN2O. The van der Waals surface area contributed by atoms with Crippen molar-refractivity contribution < 1.29 is 0 Å². The first-order valence-electron chi connectivity index (χ1n) is 6.36. The molecular weight excluding hydrogens is 327 g/mol. The highest BCUT2D eigenvalue weighted by Crippen LogP contribution is 2.34. The van der Waals surface area contributed by atoms with Crippen LogP contribution in [-0.2, 0) is 6.42 Å². The van der Waals surface area contributed by atoms with Gasteiger partial charge in [-0.3, -0.25) is 4.79 Å². The normalized spacial score (nSPS) is 16.9. The minimum atomic E-state index is 0.0400. The molecule has 0 atom stereocenters. The van der Waals surface area contributed by atoms with Gasteiger partial charge in [0.15, 0.2) is 0 Å². The maximum absolute atomic E-state index is 11.9. The van der Waals surface area contributed by atoms with Crippen molar-refractivity contribution in [2.45, 2.75) is 51.9 Å². The summed E-state index contributed by atoms with van der Waals surface area (Å²) in [6.07, 6.45) is 5.77. The highest BCUT2D eigenvalue weighted by Gasteiger charge is 2.22. The molecule has 1 saturated carbocycles. The zero-order chi connectivity index (χ0) is 12.4. The lowest BCUT2D eigenvalue weighted by molar-refractivity contribution is 0.602. The zero-order valence-electron chi connectivity index (χ0n) is 10.4. The van der Waals surface area contributed by atoms with Crippen molar-refractivity contribution >= 4 is 22.6 Å². The van der Waals surface area contributed by atoms with Crippen LogP contribution in [0.2, 0.25) is 0 Å². The Hall–Kier alpha value is -0.390. The Morgan fingerprint density at radius 1 is 1.41 bits per heavy atom. The van der Waals surface area contributed by atoms with Gasteiger partial charge < -0.3 is 4.98 Å². The summed E-state index contributed by atoms with van der Waals surface area (Å²) in [6, 6.07) is 0. The fourth-order valence-corrected chi connectivity index (χ4v) is 3.17. The predicted octanol–water partition coefficient (Wildman–Crippen LogP) is 3.23. The van der Waals surface area contributed by atoms with Gasteiger partial charge in [0.05, 0.1) is 9.26 Å². The van der Waals surface area contributed by atoms with E-state index in [9.17, 15) is 4.79 Å². The van der Waals surface area contributed by atoms with E-state index in [0.29, 0.717) is 11.8 Å². The first-order valence-corrected chi connectivity index (χ1v) is 7.44. The van der Waals surface area contributed by atoms with E-state index in [4.69, 9.17) is 4.98 Å². The fourth-order valence-electron chi connectivity index (χ4n) is 2.48. The Morgan fingerprint density at radius 3 is 2.65 bits per heavy atom. The lowest BCUT2D eigenvalue weighted by Gasteiger charge is -2.12. The molecule has 0 saturated heterocycles. The van der Waals surface area contributed by atoms with Gasteiger partial charge in [-0.05, 0) is 41.4 Å². The van der Waals surface area contributed by atoms with Crippen molar-refractivity contribution in [2.24, 2.45) is 5.92 Å². The number of aromatic amines is 1. The van der Waals surface area contributed by atoms with Gasteiger partial charge in [-0.1, -0.05) is 26.7 Å². The molecule has 2 rings (SSSR count). The van der Waals surface area contributed by atoms with Gasteiger partial charge in [-0.15, -0.1) is 0 Å². The van der Waals surface area contributed by atoms with Crippen LogP contribution in [0.3, 0.4) is 0 Å². The van der Waals surface area contributed by atoms with Crippen molar-refractivity contribution in [3.05, 3.63) is 25.4 Å². The van der Waals surface area contributed by atoms with Crippen LogP contribution in [0, 0.1) is 9.49 Å². The second-order valence-electron chi connectivity index (χ2n) is 5.29. The summed E-state index contributed by atoms with van der Waals surface area (Å²) in [5.41, 5.74) is 1.08. The maximum atomic E-state index is 11.9. The van der Waals surface area contributed by atoms with Crippen LogP contribution < -0.4 is 5.56 Å². The molecule has 4 heteroatoms. The van der Waals surface area contributed by atoms with Crippen LogP contribution in [-0.4, -0.2) is 9.97 Å². The van der Waals surface area contributed by atoms with E-state index in [1.54, 1.807) is 0 Å². The summed E-state index contributed by atoms with van der Waals surface area (Å²) in [7, 11) is 0. The van der Waals surface area contributed by atoms with Crippen molar-refractivity contribution in [1.82, 2.24) is 9.97 Å². The Morgan fingerprint density at radius 2 is 2.06 bits per heavy atom. The van der Waals surface area contributed by atoms with Crippen LogP contribution in [0.5, 0.6) is 0 Å². The molecule has 1 aromatic heterocycles. The van der Waals surface area contributed by atoms with Gasteiger partial charge in [-0.25, -0.2) is 4.98 Å². The average molecular weight is 346 g/mol. The van der Waals surface area contributed by atoms with Crippen molar-refractivity contribution in [3.63, 3.8) is 0 Å². The first kappa shape index (κ1) is 13.1. The Balaban J connectivity index is 2.35. The standard InChI is InChI=1S/C13H19IN2O/c1-8(2)7-10-15-12(9-5-3-4-6-9)11(14)13(17)16-10/h8-9H,3-7H2,1-2H3,(H,15,16,17). The monoisotopic (exact) mass is 346 g/mol. The van der Waals surface area contributed by atoms with Crippen molar-refractivity contribution in [2.75, 3.05) is 0 Å². The van der Waals surface area contributed by atoms with Crippen LogP contribution in [0.15, 0.2) is 4.79 Å². The molecule has 1 N–H and O–H groups in total. The van der Waals surface area contributed by atoms with Crippen LogP contribution in [0.25, 0.3) is 0 Å². The second-order valence-corrected chi connectivity index (χ2v) is 6.37. The highest BCUT2D eigenvalue weighted by molar-refractivity contribution is 14.1. The molecule has 1 heterocycles. The maximum Gasteiger partial charge on any atom is 0.264 e. The third-order valence-corrected chi connectivity index (χ3v) is 4.32. The summed E-state index contributed by atoms with van der Waals surface area (Å²) in [5, 5.41) is 0. The van der Waals surface area contributed by atoms with E-state index in [-0.39, 0.29) is 5.56 Å². The van der Waals surface area contributed by atoms with E-state index in [0.717, 1.165) is 21.5 Å². The molecule has 1 aliphatic rings. The Labute approximate surface area is 116 Å². The molecule has 0 unspecified atom stereocenters. The molecule has 0 bridgehead atoms. The first-order chi connectivity index (χ1) is 8.08. The van der Waals surface area contributed by atoms with Gasteiger partial charge in [0.25, 0.3) is 5.56 Å². The minimum absolute atomic E-state index is 0.0400. The molecule has 0 spiro atoms. The third-order valence-electron chi connectivity index (χ3n) is 3.28. The van der Waals surface area contributed by atoms with Gasteiger partial charge in [0, 0.05) is 12.3 Å². The summed E-state index contributed by atoms with van der Waals surface area (Å²) >= 11 is 2.14. The SMILES string of the molecule is CC(C)Cc1nc(C2CCCC2)c(I)c(=O)[nH]1. The molecule has 1 fully saturated rings. The van der Waals surface area contributed by atoms with Crippen LogP contribution in [0.1, 0.15) is 57.0 Å². The average Bonchev–Trinajstić information content (AvgIpc) is 2.75. The third kappa shape index (κ3) is 3.09. The number of hydrogen-bond acceptors (Lipinski definition) is 2. The Bertz CT molecular complexity index is 447. The lowest BCUT2D eigenvalue weighted by Crippen LogP contribution is -2.20. The summed E-state index contributed by atoms with van der Waals surface area (Å²) in [5.74, 6) is 1.89. The van der Waals surface area contributed by atoms with Crippen molar-refractivity contribution in [3.8, 4) is 0 Å². The molecule has 0 aliphatic heterocycles. The largest absolute Gasteiger partial charge is 0.310 e. The molecule has 17 heavy (non-hydrogen) atoms. The number of H-pyrrole nitrogens is 1. The molecule has 1 aliphatic carbocycles. The van der Waals surface area contributed by atoms with Crippen molar-refractivity contribution in [1.29, 1.82) is 0 Å². The second kappa shape index (κ2) is 5.50. The van der Waals surface area contributed by atoms with Crippen LogP contribution in [0.4, 0.5) is 0 Å².